The van der Waals surface area contributed by atoms with Gasteiger partial charge in [-0.25, -0.2) is 13.6 Å². The molecule has 0 spiro atoms. The van der Waals surface area contributed by atoms with Gasteiger partial charge in [0, 0.05) is 25.6 Å². The molecule has 0 radical (unpaired) electrons. The summed E-state index contributed by atoms with van der Waals surface area (Å²) in [5, 5.41) is 4.84. The highest BCUT2D eigenvalue weighted by molar-refractivity contribution is 7.89. The Kier molecular flexibility index (Phi) is 5.27. The van der Waals surface area contributed by atoms with Gasteiger partial charge in [0.1, 0.15) is 0 Å². The molecule has 2 saturated heterocycles. The van der Waals surface area contributed by atoms with Crippen molar-refractivity contribution in [1.29, 1.82) is 0 Å². The Morgan fingerprint density at radius 2 is 1.86 bits per heavy atom. The molecular weight excluding hydrogens is 290 g/mol. The third kappa shape index (κ3) is 4.40. The molecule has 2 heterocycles. The molecule has 1 atom stereocenters. The molecule has 6 nitrogen and oxygen atoms in total. The average molecular weight is 317 g/mol. The van der Waals surface area contributed by atoms with E-state index in [0.29, 0.717) is 25.2 Å². The smallest absolute Gasteiger partial charge is 0.222 e. The Balaban J connectivity index is 1.82. The number of hydrogen-bond acceptors (Lipinski definition) is 4. The molecule has 2 fully saturated rings. The van der Waals surface area contributed by atoms with E-state index in [-0.39, 0.29) is 17.2 Å². The van der Waals surface area contributed by atoms with Gasteiger partial charge in [0.25, 0.3) is 0 Å². The lowest BCUT2D eigenvalue weighted by Gasteiger charge is -2.39. The second-order valence-electron chi connectivity index (χ2n) is 6.63. The van der Waals surface area contributed by atoms with Crippen LogP contribution in [0.3, 0.4) is 0 Å². The van der Waals surface area contributed by atoms with Crippen LogP contribution in [0.2, 0.25) is 0 Å². The Morgan fingerprint density at radius 3 is 2.38 bits per heavy atom. The van der Waals surface area contributed by atoms with E-state index >= 15 is 0 Å². The zero-order valence-electron chi connectivity index (χ0n) is 13.0. The summed E-state index contributed by atoms with van der Waals surface area (Å²) in [6.07, 6.45) is 2.82. The molecule has 2 N–H and O–H groups in total. The van der Waals surface area contributed by atoms with Gasteiger partial charge < -0.3 is 9.80 Å². The minimum atomic E-state index is -3.39. The van der Waals surface area contributed by atoms with Crippen LogP contribution >= 0.6 is 0 Å². The molecule has 0 bridgehead atoms. The van der Waals surface area contributed by atoms with E-state index in [1.165, 1.54) is 0 Å². The average Bonchev–Trinajstić information content (AvgIpc) is 2.40. The fourth-order valence-electron chi connectivity index (χ4n) is 3.38. The highest BCUT2D eigenvalue weighted by Crippen LogP contribution is 2.23. The maximum atomic E-state index is 11.9. The van der Waals surface area contributed by atoms with Gasteiger partial charge in [0.2, 0.25) is 15.9 Å². The second-order valence-corrected chi connectivity index (χ2v) is 8.48. The summed E-state index contributed by atoms with van der Waals surface area (Å²) < 4.78 is 22.7. The predicted molar refractivity (Wildman–Crippen MR) is 82.1 cm³/mol. The van der Waals surface area contributed by atoms with Gasteiger partial charge in [-0.05, 0) is 52.1 Å². The first kappa shape index (κ1) is 16.7. The van der Waals surface area contributed by atoms with E-state index in [9.17, 15) is 13.2 Å². The predicted octanol–water partition coefficient (Wildman–Crippen LogP) is 0.386. The number of carbonyl (C=O) groups is 1. The molecular formula is C14H27N3O3S. The summed E-state index contributed by atoms with van der Waals surface area (Å²) in [6, 6.07) is 0.258. The van der Waals surface area contributed by atoms with Crippen LogP contribution in [-0.4, -0.2) is 61.6 Å². The highest BCUT2D eigenvalue weighted by Gasteiger charge is 2.31. The first-order chi connectivity index (χ1) is 9.77. The van der Waals surface area contributed by atoms with E-state index in [1.807, 2.05) is 4.90 Å². The summed E-state index contributed by atoms with van der Waals surface area (Å²) in [4.78, 5) is 16.1. The molecule has 2 aliphatic heterocycles. The van der Waals surface area contributed by atoms with Crippen LogP contribution in [0.15, 0.2) is 0 Å². The fourth-order valence-corrected chi connectivity index (χ4v) is 4.24. The third-order valence-electron chi connectivity index (χ3n) is 4.68. The van der Waals surface area contributed by atoms with Crippen molar-refractivity contribution in [2.24, 2.45) is 11.1 Å². The van der Waals surface area contributed by atoms with Gasteiger partial charge in [-0.2, -0.15) is 0 Å². The van der Waals surface area contributed by atoms with Crippen molar-refractivity contribution in [1.82, 2.24) is 9.80 Å². The van der Waals surface area contributed by atoms with E-state index in [0.717, 1.165) is 32.6 Å². The molecule has 0 aliphatic carbocycles. The van der Waals surface area contributed by atoms with Crippen LogP contribution in [0, 0.1) is 5.92 Å². The summed E-state index contributed by atoms with van der Waals surface area (Å²) in [6.45, 7) is 7.45. The van der Waals surface area contributed by atoms with Crippen LogP contribution in [-0.2, 0) is 14.8 Å². The summed E-state index contributed by atoms with van der Waals surface area (Å²) in [7, 11) is -3.39. The molecule has 0 saturated carbocycles. The maximum Gasteiger partial charge on any atom is 0.222 e. The fraction of sp³-hybridized carbons (Fsp3) is 0.929. The molecule has 1 unspecified atom stereocenters. The van der Waals surface area contributed by atoms with Crippen LogP contribution < -0.4 is 5.14 Å². The summed E-state index contributed by atoms with van der Waals surface area (Å²) in [5.74, 6) is 0.755. The topological polar surface area (TPSA) is 83.7 Å². The number of hydrogen-bond donors (Lipinski definition) is 1. The van der Waals surface area contributed by atoms with Gasteiger partial charge in [-0.1, -0.05) is 0 Å². The molecule has 7 heteroatoms. The van der Waals surface area contributed by atoms with Crippen molar-refractivity contribution in [3.8, 4) is 0 Å². The quantitative estimate of drug-likeness (QED) is 0.813. The first-order valence-electron chi connectivity index (χ1n) is 7.81. The van der Waals surface area contributed by atoms with Crippen LogP contribution in [0.5, 0.6) is 0 Å². The molecule has 2 aliphatic rings. The van der Waals surface area contributed by atoms with Gasteiger partial charge in [0.05, 0.1) is 5.25 Å². The number of sulfonamides is 1. The van der Waals surface area contributed by atoms with E-state index in [2.05, 4.69) is 18.7 Å². The lowest BCUT2D eigenvalue weighted by molar-refractivity contribution is -0.137. The Morgan fingerprint density at radius 1 is 1.24 bits per heavy atom. The molecule has 0 aromatic heterocycles. The lowest BCUT2D eigenvalue weighted by Crippen LogP contribution is -2.49. The highest BCUT2D eigenvalue weighted by atomic mass is 32.2. The monoisotopic (exact) mass is 317 g/mol. The standard InChI is InChI=1S/C14H27N3O3S/c1-11(2)17-10-12(3-4-14(17)18)9-16-7-5-13(6-8-16)21(15,19)20/h11-13H,3-10H2,1-2H3,(H2,15,19,20). The van der Waals surface area contributed by atoms with Gasteiger partial charge in [-0.15, -0.1) is 0 Å². The zero-order valence-corrected chi connectivity index (χ0v) is 13.8. The Hall–Kier alpha value is -0.660. The van der Waals surface area contributed by atoms with Gasteiger partial charge >= 0.3 is 0 Å². The largest absolute Gasteiger partial charge is 0.340 e. The van der Waals surface area contributed by atoms with Crippen LogP contribution in [0.1, 0.15) is 39.5 Å². The summed E-state index contributed by atoms with van der Waals surface area (Å²) in [5.41, 5.74) is 0. The van der Waals surface area contributed by atoms with Crippen molar-refractivity contribution in [2.45, 2.75) is 50.8 Å². The molecule has 1 amide bonds. The molecule has 0 aromatic carbocycles. The number of rotatable bonds is 4. The van der Waals surface area contributed by atoms with Crippen molar-refractivity contribution >= 4 is 15.9 Å². The minimum absolute atomic E-state index is 0.258. The van der Waals surface area contributed by atoms with E-state index < -0.39 is 10.0 Å². The molecule has 21 heavy (non-hydrogen) atoms. The minimum Gasteiger partial charge on any atom is -0.340 e. The van der Waals surface area contributed by atoms with E-state index in [1.54, 1.807) is 0 Å². The normalized spacial score (nSPS) is 26.6. The van der Waals surface area contributed by atoms with Gasteiger partial charge in [-0.3, -0.25) is 4.79 Å². The van der Waals surface area contributed by atoms with Crippen LogP contribution in [0.4, 0.5) is 0 Å². The van der Waals surface area contributed by atoms with Crippen molar-refractivity contribution in [3.05, 3.63) is 0 Å². The Labute approximate surface area is 127 Å². The number of nitrogens with zero attached hydrogens (tertiary/aromatic N) is 2. The summed E-state index contributed by atoms with van der Waals surface area (Å²) >= 11 is 0. The molecule has 122 valence electrons. The lowest BCUT2D eigenvalue weighted by atomic mass is 9.95. The maximum absolute atomic E-state index is 11.9. The number of nitrogens with two attached hydrogens (primary N) is 1. The zero-order chi connectivity index (χ0) is 15.6. The third-order valence-corrected chi connectivity index (χ3v) is 6.08. The Bertz CT molecular complexity index is 470. The van der Waals surface area contributed by atoms with Crippen molar-refractivity contribution in [2.75, 3.05) is 26.2 Å². The SMILES string of the molecule is CC(C)N1CC(CN2CCC(S(N)(=O)=O)CC2)CCC1=O. The van der Waals surface area contributed by atoms with Gasteiger partial charge in [0.15, 0.2) is 0 Å². The number of carbonyl (C=O) groups excluding carboxylic acids is 1. The van der Waals surface area contributed by atoms with Crippen molar-refractivity contribution < 1.29 is 13.2 Å². The number of piperidine rings is 2. The molecule has 0 aromatic rings. The first-order valence-corrected chi connectivity index (χ1v) is 9.41. The molecule has 2 rings (SSSR count). The van der Waals surface area contributed by atoms with Crippen LogP contribution in [0.25, 0.3) is 0 Å². The second kappa shape index (κ2) is 6.62. The number of primary sulfonamides is 1. The van der Waals surface area contributed by atoms with Crippen molar-refractivity contribution in [3.63, 3.8) is 0 Å². The number of likely N-dealkylation sites (tertiary alicyclic amines) is 2. The number of amides is 1. The van der Waals surface area contributed by atoms with E-state index in [4.69, 9.17) is 5.14 Å².